The zero-order valence-electron chi connectivity index (χ0n) is 6.61. The summed E-state index contributed by atoms with van der Waals surface area (Å²) in [5.74, 6) is 5.80. The van der Waals surface area contributed by atoms with E-state index in [0.717, 1.165) is 11.8 Å². The van der Waals surface area contributed by atoms with E-state index in [-0.39, 0.29) is 5.91 Å². The maximum atomic E-state index is 10.7. The van der Waals surface area contributed by atoms with Gasteiger partial charge in [-0.25, -0.2) is 0 Å². The van der Waals surface area contributed by atoms with Crippen LogP contribution in [0.5, 0.6) is 0 Å². The van der Waals surface area contributed by atoms with Crippen molar-refractivity contribution in [1.82, 2.24) is 5.32 Å². The lowest BCUT2D eigenvalue weighted by Gasteiger charge is -1.94. The number of rotatable bonds is 3. The molecular weight excluding hydrogens is 206 g/mol. The number of halogens is 1. The lowest BCUT2D eigenvalue weighted by atomic mass is 10.4. The Kier molecular flexibility index (Phi) is 7.28. The zero-order valence-corrected chi connectivity index (χ0v) is 8.20. The molecule has 0 aromatic rings. The Balaban J connectivity index is 3.28. The fourth-order valence-electron chi connectivity index (χ4n) is 0.466. The molecule has 11 heavy (non-hydrogen) atoms. The minimum atomic E-state index is 0.0538. The highest BCUT2D eigenvalue weighted by atomic mass is 79.9. The molecule has 3 heteroatoms. The minimum absolute atomic E-state index is 0.0538. The second-order valence-electron chi connectivity index (χ2n) is 1.92. The first kappa shape index (κ1) is 10.5. The van der Waals surface area contributed by atoms with Crippen molar-refractivity contribution >= 4 is 21.8 Å². The lowest BCUT2D eigenvalue weighted by molar-refractivity contribution is -0.120. The highest BCUT2D eigenvalue weighted by molar-refractivity contribution is 9.09. The summed E-state index contributed by atoms with van der Waals surface area (Å²) in [5, 5.41) is 3.55. The van der Waals surface area contributed by atoms with Gasteiger partial charge in [0.25, 0.3) is 0 Å². The third kappa shape index (κ3) is 7.41. The summed E-state index contributed by atoms with van der Waals surface area (Å²) in [7, 11) is 0. The molecule has 1 N–H and O–H groups in total. The van der Waals surface area contributed by atoms with Crippen LogP contribution in [0.1, 0.15) is 19.8 Å². The van der Waals surface area contributed by atoms with Crippen LogP contribution < -0.4 is 5.32 Å². The van der Waals surface area contributed by atoms with E-state index in [1.165, 1.54) is 0 Å². The van der Waals surface area contributed by atoms with Crippen molar-refractivity contribution in [3.63, 3.8) is 0 Å². The van der Waals surface area contributed by atoms with E-state index in [9.17, 15) is 4.79 Å². The molecule has 0 rings (SSSR count). The number of hydrogen-bond donors (Lipinski definition) is 1. The van der Waals surface area contributed by atoms with Crippen molar-refractivity contribution < 1.29 is 4.79 Å². The van der Waals surface area contributed by atoms with Gasteiger partial charge in [-0.05, 0) is 0 Å². The molecule has 0 fully saturated rings. The highest BCUT2D eigenvalue weighted by Crippen LogP contribution is 1.82. The third-order valence-corrected chi connectivity index (χ3v) is 1.44. The molecule has 0 saturated heterocycles. The number of alkyl halides is 1. The molecule has 0 bridgehead atoms. The molecule has 0 aliphatic carbocycles. The molecule has 2 nitrogen and oxygen atoms in total. The van der Waals surface area contributed by atoms with Gasteiger partial charge in [0.15, 0.2) is 0 Å². The van der Waals surface area contributed by atoms with Crippen molar-refractivity contribution in [3.8, 4) is 11.8 Å². The van der Waals surface area contributed by atoms with Crippen molar-refractivity contribution in [2.45, 2.75) is 19.8 Å². The summed E-state index contributed by atoms with van der Waals surface area (Å²) in [6, 6.07) is 0. The van der Waals surface area contributed by atoms with Crippen LogP contribution in [0.15, 0.2) is 0 Å². The molecule has 1 amide bonds. The van der Waals surface area contributed by atoms with Crippen molar-refractivity contribution in [3.05, 3.63) is 0 Å². The maximum absolute atomic E-state index is 10.7. The number of carbonyl (C=O) groups is 1. The second kappa shape index (κ2) is 7.62. The summed E-state index contributed by atoms with van der Waals surface area (Å²) in [6.45, 7) is 2.29. The molecule has 0 aliphatic heterocycles. The predicted octanol–water partition coefficient (Wildman–Crippen LogP) is 1.30. The van der Waals surface area contributed by atoms with Crippen LogP contribution in [0.4, 0.5) is 0 Å². The molecule has 0 saturated carbocycles. The van der Waals surface area contributed by atoms with E-state index >= 15 is 0 Å². The molecular formula is C8H12BrNO. The monoisotopic (exact) mass is 217 g/mol. The van der Waals surface area contributed by atoms with E-state index in [1.807, 2.05) is 6.92 Å². The molecule has 0 aliphatic rings. The molecule has 0 radical (unpaired) electrons. The first-order chi connectivity index (χ1) is 5.31. The third-order valence-electron chi connectivity index (χ3n) is 1.04. The van der Waals surface area contributed by atoms with Gasteiger partial charge in [0.05, 0.1) is 6.54 Å². The first-order valence-corrected chi connectivity index (χ1v) is 4.71. The van der Waals surface area contributed by atoms with Crippen molar-refractivity contribution in [1.29, 1.82) is 0 Å². The van der Waals surface area contributed by atoms with Gasteiger partial charge in [0.2, 0.25) is 5.91 Å². The number of amides is 1. The van der Waals surface area contributed by atoms with Crippen LogP contribution in [0.3, 0.4) is 0 Å². The van der Waals surface area contributed by atoms with Crippen LogP contribution >= 0.6 is 15.9 Å². The summed E-state index contributed by atoms with van der Waals surface area (Å²) < 4.78 is 0. The zero-order chi connectivity index (χ0) is 8.53. The summed E-state index contributed by atoms with van der Waals surface area (Å²) >= 11 is 3.25. The SMILES string of the molecule is CCC(=O)NCC#CCCBr. The van der Waals surface area contributed by atoms with Crippen LogP contribution in [0.2, 0.25) is 0 Å². The van der Waals surface area contributed by atoms with E-state index < -0.39 is 0 Å². The molecule has 0 spiro atoms. The van der Waals surface area contributed by atoms with E-state index in [4.69, 9.17) is 0 Å². The molecule has 0 unspecified atom stereocenters. The van der Waals surface area contributed by atoms with Gasteiger partial charge in [-0.3, -0.25) is 4.79 Å². The van der Waals surface area contributed by atoms with Gasteiger partial charge in [0.1, 0.15) is 0 Å². The van der Waals surface area contributed by atoms with Gasteiger partial charge in [-0.2, -0.15) is 0 Å². The average Bonchev–Trinajstić information content (AvgIpc) is 2.04. The van der Waals surface area contributed by atoms with E-state index in [2.05, 4.69) is 33.1 Å². The first-order valence-electron chi connectivity index (χ1n) is 3.59. The van der Waals surface area contributed by atoms with E-state index in [0.29, 0.717) is 13.0 Å². The Morgan fingerprint density at radius 3 is 2.82 bits per heavy atom. The normalized spacial score (nSPS) is 8.18. The Bertz CT molecular complexity index is 169. The van der Waals surface area contributed by atoms with Crippen molar-refractivity contribution in [2.24, 2.45) is 0 Å². The van der Waals surface area contributed by atoms with Gasteiger partial charge < -0.3 is 5.32 Å². The Morgan fingerprint density at radius 1 is 1.55 bits per heavy atom. The van der Waals surface area contributed by atoms with E-state index in [1.54, 1.807) is 0 Å². The van der Waals surface area contributed by atoms with Gasteiger partial charge in [-0.1, -0.05) is 28.8 Å². The quantitative estimate of drug-likeness (QED) is 0.561. The number of hydrogen-bond acceptors (Lipinski definition) is 1. The molecule has 0 aromatic heterocycles. The number of carbonyl (C=O) groups excluding carboxylic acids is 1. The smallest absolute Gasteiger partial charge is 0.220 e. The topological polar surface area (TPSA) is 29.1 Å². The summed E-state index contributed by atoms with van der Waals surface area (Å²) in [6.07, 6.45) is 1.36. The summed E-state index contributed by atoms with van der Waals surface area (Å²) in [4.78, 5) is 10.7. The standard InChI is InChI=1S/C8H12BrNO/c1-2-8(11)10-7-5-3-4-6-9/h2,4,6-7H2,1H3,(H,10,11). The molecule has 0 atom stereocenters. The number of nitrogens with one attached hydrogen (secondary N) is 1. The average molecular weight is 218 g/mol. The Hall–Kier alpha value is -0.490. The van der Waals surface area contributed by atoms with Crippen LogP contribution in [0, 0.1) is 11.8 Å². The van der Waals surface area contributed by atoms with Gasteiger partial charge >= 0.3 is 0 Å². The summed E-state index contributed by atoms with van der Waals surface area (Å²) in [5.41, 5.74) is 0. The predicted molar refractivity (Wildman–Crippen MR) is 49.5 cm³/mol. The van der Waals surface area contributed by atoms with Crippen LogP contribution in [-0.4, -0.2) is 17.8 Å². The molecule has 0 aromatic carbocycles. The Labute approximate surface area is 75.9 Å². The minimum Gasteiger partial charge on any atom is -0.345 e. The largest absolute Gasteiger partial charge is 0.345 e. The lowest BCUT2D eigenvalue weighted by Crippen LogP contribution is -2.22. The van der Waals surface area contributed by atoms with Gasteiger partial charge in [0, 0.05) is 18.2 Å². The fraction of sp³-hybridized carbons (Fsp3) is 0.625. The second-order valence-corrected chi connectivity index (χ2v) is 2.72. The van der Waals surface area contributed by atoms with Crippen molar-refractivity contribution in [2.75, 3.05) is 11.9 Å². The molecule has 62 valence electrons. The van der Waals surface area contributed by atoms with Crippen LogP contribution in [0.25, 0.3) is 0 Å². The van der Waals surface area contributed by atoms with Crippen LogP contribution in [-0.2, 0) is 4.79 Å². The maximum Gasteiger partial charge on any atom is 0.220 e. The highest BCUT2D eigenvalue weighted by Gasteiger charge is 1.90. The Morgan fingerprint density at radius 2 is 2.27 bits per heavy atom. The fourth-order valence-corrected chi connectivity index (χ4v) is 0.664. The molecule has 0 heterocycles. The van der Waals surface area contributed by atoms with Gasteiger partial charge in [-0.15, -0.1) is 5.92 Å².